The van der Waals surface area contributed by atoms with Gasteiger partial charge in [-0.05, 0) is 60.6 Å². The minimum atomic E-state index is -1.60. The molecule has 0 saturated carbocycles. The van der Waals surface area contributed by atoms with Crippen LogP contribution in [0.3, 0.4) is 0 Å². The van der Waals surface area contributed by atoms with E-state index in [1.54, 1.807) is 6.07 Å². The number of halogens is 1. The molecular formula is C35H42ClN5O2S. The van der Waals surface area contributed by atoms with Crippen LogP contribution in [-0.2, 0) is 24.1 Å². The maximum Gasteiger partial charge on any atom is 0.236 e. The zero-order valence-electron chi connectivity index (χ0n) is 25.9. The fraction of sp³-hybridized carbons (Fsp3) is 0.371. The smallest absolute Gasteiger partial charge is 0.236 e. The van der Waals surface area contributed by atoms with Gasteiger partial charge in [-0.25, -0.2) is 14.2 Å². The van der Waals surface area contributed by atoms with E-state index in [1.165, 1.54) is 5.56 Å². The Balaban J connectivity index is 1.30. The Morgan fingerprint density at radius 2 is 1.61 bits per heavy atom. The first-order chi connectivity index (χ1) is 21.1. The topological polar surface area (TPSA) is 81.6 Å². The Morgan fingerprint density at radius 1 is 0.909 bits per heavy atom. The summed E-state index contributed by atoms with van der Waals surface area (Å²) in [7, 11) is -1.60. The van der Waals surface area contributed by atoms with Crippen LogP contribution in [0, 0.1) is 19.8 Å². The van der Waals surface area contributed by atoms with E-state index >= 15 is 0 Å². The molecule has 0 radical (unpaired) electrons. The highest BCUT2D eigenvalue weighted by Crippen LogP contribution is 2.28. The van der Waals surface area contributed by atoms with Crippen molar-refractivity contribution in [1.82, 2.24) is 19.8 Å². The van der Waals surface area contributed by atoms with Gasteiger partial charge in [0.15, 0.2) is 11.0 Å². The summed E-state index contributed by atoms with van der Waals surface area (Å²) in [5.74, 6) is 0.751. The highest BCUT2D eigenvalue weighted by Gasteiger charge is 2.29. The van der Waals surface area contributed by atoms with E-state index in [1.807, 2.05) is 62.4 Å². The number of β-amino-alcohol motifs (C(OH)–C–C–N with tert-alkyl or cyclic N) is 1. The first-order valence-corrected chi connectivity index (χ1v) is 16.7. The average Bonchev–Trinajstić information content (AvgIpc) is 3.10. The predicted octanol–water partition coefficient (Wildman–Crippen LogP) is 6.64. The van der Waals surface area contributed by atoms with Gasteiger partial charge in [0.1, 0.15) is 5.15 Å². The van der Waals surface area contributed by atoms with Gasteiger partial charge in [0.2, 0.25) is 5.95 Å². The standard InChI is InChI=1S/C35H42ClN5O2S/c1-24(2)16-29-21-40(22-30(42)23-41(29)20-27-12-6-5-7-13-27)19-28-14-9-15-31(17-28)44(43)39-35-37-32(18-33(36)38-35)34-25(3)10-8-11-26(34)4/h5-15,17-18,24,29-30,42H,16,19-23H2,1-4H3,(H,37,38,39). The summed E-state index contributed by atoms with van der Waals surface area (Å²) in [6.45, 7) is 12.1. The first kappa shape index (κ1) is 32.3. The van der Waals surface area contributed by atoms with Crippen molar-refractivity contribution in [3.63, 3.8) is 0 Å². The molecule has 4 aromatic rings. The molecule has 0 bridgehead atoms. The molecule has 3 unspecified atom stereocenters. The molecule has 2 heterocycles. The monoisotopic (exact) mass is 631 g/mol. The van der Waals surface area contributed by atoms with Gasteiger partial charge in [-0.15, -0.1) is 0 Å². The third kappa shape index (κ3) is 8.52. The molecule has 9 heteroatoms. The zero-order chi connectivity index (χ0) is 31.2. The summed E-state index contributed by atoms with van der Waals surface area (Å²) in [6.07, 6.45) is 0.592. The number of benzene rings is 3. The summed E-state index contributed by atoms with van der Waals surface area (Å²) >= 11 is 6.37. The van der Waals surface area contributed by atoms with Crippen molar-refractivity contribution in [1.29, 1.82) is 0 Å². The van der Waals surface area contributed by atoms with Crippen molar-refractivity contribution in [3.8, 4) is 11.3 Å². The summed E-state index contributed by atoms with van der Waals surface area (Å²) < 4.78 is 16.4. The second kappa shape index (κ2) is 14.8. The predicted molar refractivity (Wildman–Crippen MR) is 180 cm³/mol. The third-order valence-corrected chi connectivity index (χ3v) is 9.25. The molecule has 1 aliphatic rings. The highest BCUT2D eigenvalue weighted by atomic mass is 35.5. The minimum Gasteiger partial charge on any atom is -0.390 e. The number of rotatable bonds is 10. The zero-order valence-corrected chi connectivity index (χ0v) is 27.5. The van der Waals surface area contributed by atoms with Gasteiger partial charge in [-0.3, -0.25) is 14.5 Å². The lowest BCUT2D eigenvalue weighted by Gasteiger charge is -2.33. The van der Waals surface area contributed by atoms with Gasteiger partial charge in [-0.1, -0.05) is 86.1 Å². The fourth-order valence-corrected chi connectivity index (χ4v) is 7.16. The quantitative estimate of drug-likeness (QED) is 0.191. The van der Waals surface area contributed by atoms with E-state index in [9.17, 15) is 9.32 Å². The van der Waals surface area contributed by atoms with Crippen LogP contribution in [-0.4, -0.2) is 60.9 Å². The fourth-order valence-electron chi connectivity index (χ4n) is 6.14. The summed E-state index contributed by atoms with van der Waals surface area (Å²) in [5, 5.41) is 11.3. The average molecular weight is 632 g/mol. The molecule has 232 valence electrons. The van der Waals surface area contributed by atoms with E-state index in [-0.39, 0.29) is 11.1 Å². The Bertz CT molecular complexity index is 1560. The SMILES string of the molecule is Cc1cccc(C)c1-c1cc(Cl)nc(NS(=O)c2cccc(CN3CC(O)CN(Cc4ccccc4)C(CC(C)C)C3)c2)n1. The molecule has 1 aliphatic heterocycles. The van der Waals surface area contributed by atoms with Gasteiger partial charge < -0.3 is 5.11 Å². The van der Waals surface area contributed by atoms with Gasteiger partial charge in [-0.2, -0.15) is 0 Å². The van der Waals surface area contributed by atoms with E-state index < -0.39 is 17.1 Å². The highest BCUT2D eigenvalue weighted by molar-refractivity contribution is 7.86. The number of aliphatic hydroxyl groups is 1. The first-order valence-electron chi connectivity index (χ1n) is 15.2. The number of hydrogen-bond donors (Lipinski definition) is 2. The molecule has 1 fully saturated rings. The molecule has 44 heavy (non-hydrogen) atoms. The van der Waals surface area contributed by atoms with Crippen molar-refractivity contribution >= 4 is 28.5 Å². The van der Waals surface area contributed by atoms with E-state index in [0.29, 0.717) is 42.2 Å². The molecule has 0 spiro atoms. The molecule has 7 nitrogen and oxygen atoms in total. The third-order valence-electron chi connectivity index (χ3n) is 8.01. The minimum absolute atomic E-state index is 0.213. The lowest BCUT2D eigenvalue weighted by molar-refractivity contribution is 0.0945. The van der Waals surface area contributed by atoms with Gasteiger partial charge in [0, 0.05) is 50.4 Å². The van der Waals surface area contributed by atoms with Crippen molar-refractivity contribution in [3.05, 3.63) is 106 Å². The molecule has 2 N–H and O–H groups in total. The molecule has 3 atom stereocenters. The van der Waals surface area contributed by atoms with Crippen LogP contribution in [0.1, 0.15) is 42.5 Å². The second-order valence-electron chi connectivity index (χ2n) is 12.2. The van der Waals surface area contributed by atoms with Crippen molar-refractivity contribution in [2.45, 2.75) is 64.2 Å². The van der Waals surface area contributed by atoms with Crippen molar-refractivity contribution in [2.24, 2.45) is 5.92 Å². The normalized spacial score (nSPS) is 18.7. The van der Waals surface area contributed by atoms with Crippen LogP contribution in [0.2, 0.25) is 5.15 Å². The number of anilines is 1. The lowest BCUT2D eigenvalue weighted by Crippen LogP contribution is -2.41. The van der Waals surface area contributed by atoms with Gasteiger partial charge in [0.25, 0.3) is 0 Å². The van der Waals surface area contributed by atoms with Crippen molar-refractivity contribution < 1.29 is 9.32 Å². The number of aliphatic hydroxyl groups excluding tert-OH is 1. The van der Waals surface area contributed by atoms with Crippen LogP contribution < -0.4 is 4.72 Å². The molecule has 0 amide bonds. The lowest BCUT2D eigenvalue weighted by atomic mass is 10.00. The van der Waals surface area contributed by atoms with Crippen molar-refractivity contribution in [2.75, 3.05) is 24.4 Å². The van der Waals surface area contributed by atoms with Crippen LogP contribution in [0.5, 0.6) is 0 Å². The Labute approximate surface area is 268 Å². The summed E-state index contributed by atoms with van der Waals surface area (Å²) in [6, 6.07) is 26.4. The second-order valence-corrected chi connectivity index (χ2v) is 13.8. The maximum absolute atomic E-state index is 13.5. The Hall–Kier alpha value is -3.14. The molecule has 1 aromatic heterocycles. The number of hydrogen-bond acceptors (Lipinski definition) is 6. The number of aryl methyl sites for hydroxylation is 2. The molecular weight excluding hydrogens is 590 g/mol. The van der Waals surface area contributed by atoms with Crippen LogP contribution in [0.15, 0.2) is 83.8 Å². The van der Waals surface area contributed by atoms with Gasteiger partial charge in [0.05, 0.1) is 16.7 Å². The number of aromatic nitrogens is 2. The van der Waals surface area contributed by atoms with Crippen LogP contribution >= 0.6 is 11.6 Å². The Kier molecular flexibility index (Phi) is 10.8. The van der Waals surface area contributed by atoms with E-state index in [2.05, 4.69) is 62.6 Å². The van der Waals surface area contributed by atoms with Gasteiger partial charge >= 0.3 is 0 Å². The maximum atomic E-state index is 13.5. The summed E-state index contributed by atoms with van der Waals surface area (Å²) in [5.41, 5.74) is 6.13. The van der Waals surface area contributed by atoms with Crippen LogP contribution in [0.25, 0.3) is 11.3 Å². The summed E-state index contributed by atoms with van der Waals surface area (Å²) in [4.78, 5) is 14.3. The molecule has 3 aromatic carbocycles. The van der Waals surface area contributed by atoms with Crippen LogP contribution in [0.4, 0.5) is 5.95 Å². The molecule has 1 saturated heterocycles. The Morgan fingerprint density at radius 3 is 2.34 bits per heavy atom. The largest absolute Gasteiger partial charge is 0.390 e. The van der Waals surface area contributed by atoms with E-state index in [0.717, 1.165) is 41.8 Å². The molecule has 5 rings (SSSR count). The van der Waals surface area contributed by atoms with E-state index in [4.69, 9.17) is 11.6 Å². The number of nitrogens with one attached hydrogen (secondary N) is 1. The number of nitrogens with zero attached hydrogens (tertiary/aromatic N) is 4. The molecule has 0 aliphatic carbocycles.